The monoisotopic (exact) mass is 312 g/mol. The van der Waals surface area contributed by atoms with Crippen LogP contribution in [0.15, 0.2) is 42.5 Å². The van der Waals surface area contributed by atoms with Crippen LogP contribution in [0.4, 0.5) is 11.4 Å². The molecule has 0 aliphatic carbocycles. The maximum absolute atomic E-state index is 12.0. The predicted octanol–water partition coefficient (Wildman–Crippen LogP) is 4.14. The van der Waals surface area contributed by atoms with Crippen LogP contribution in [0.1, 0.15) is 24.5 Å². The van der Waals surface area contributed by atoms with Gasteiger partial charge in [0.25, 0.3) is 0 Å². The number of amides is 1. The molecule has 122 valence electrons. The average molecular weight is 312 g/mol. The lowest BCUT2D eigenvalue weighted by atomic mass is 10.1. The Morgan fingerprint density at radius 1 is 1.00 bits per heavy atom. The second-order valence-corrected chi connectivity index (χ2v) is 5.48. The van der Waals surface area contributed by atoms with Crippen molar-refractivity contribution >= 4 is 17.3 Å². The van der Waals surface area contributed by atoms with Crippen molar-refractivity contribution in [3.8, 4) is 5.75 Å². The molecule has 0 aliphatic rings. The summed E-state index contributed by atoms with van der Waals surface area (Å²) in [4.78, 5) is 12.0. The summed E-state index contributed by atoms with van der Waals surface area (Å²) in [7, 11) is 0. The first-order valence-corrected chi connectivity index (χ1v) is 7.92. The number of hydrogen-bond acceptors (Lipinski definition) is 3. The predicted molar refractivity (Wildman–Crippen MR) is 95.3 cm³/mol. The van der Waals surface area contributed by atoms with E-state index in [0.717, 1.165) is 17.1 Å². The number of ether oxygens (including phenoxy) is 1. The van der Waals surface area contributed by atoms with Crippen molar-refractivity contribution in [3.05, 3.63) is 53.6 Å². The van der Waals surface area contributed by atoms with Crippen LogP contribution in [-0.2, 0) is 4.79 Å². The van der Waals surface area contributed by atoms with Crippen molar-refractivity contribution in [2.45, 2.75) is 27.2 Å². The Morgan fingerprint density at radius 3 is 2.35 bits per heavy atom. The zero-order chi connectivity index (χ0) is 16.7. The zero-order valence-corrected chi connectivity index (χ0v) is 14.0. The highest BCUT2D eigenvalue weighted by atomic mass is 16.5. The highest BCUT2D eigenvalue weighted by Crippen LogP contribution is 2.16. The van der Waals surface area contributed by atoms with E-state index in [1.807, 2.05) is 56.3 Å². The largest absolute Gasteiger partial charge is 0.494 e. The molecule has 2 aromatic carbocycles. The number of aryl methyl sites for hydroxylation is 2. The number of rotatable bonds is 7. The molecule has 0 spiro atoms. The molecule has 0 saturated heterocycles. The second kappa shape index (κ2) is 8.22. The minimum absolute atomic E-state index is 0.00619. The lowest BCUT2D eigenvalue weighted by Crippen LogP contribution is -2.16. The summed E-state index contributed by atoms with van der Waals surface area (Å²) < 4.78 is 5.40. The van der Waals surface area contributed by atoms with Crippen LogP contribution in [0.5, 0.6) is 5.75 Å². The lowest BCUT2D eigenvalue weighted by Gasteiger charge is -2.09. The van der Waals surface area contributed by atoms with Gasteiger partial charge in [-0.3, -0.25) is 4.79 Å². The van der Waals surface area contributed by atoms with E-state index in [-0.39, 0.29) is 5.91 Å². The molecule has 23 heavy (non-hydrogen) atoms. The van der Waals surface area contributed by atoms with E-state index in [1.54, 1.807) is 0 Å². The van der Waals surface area contributed by atoms with Crippen molar-refractivity contribution < 1.29 is 9.53 Å². The molecule has 0 heterocycles. The standard InChI is InChI=1S/C19H24N2O2/c1-4-23-18-9-7-16(8-10-18)20-12-11-19(22)21-17-6-5-14(2)15(3)13-17/h5-10,13,20H,4,11-12H2,1-3H3,(H,21,22). The van der Waals surface area contributed by atoms with Crippen molar-refractivity contribution in [3.63, 3.8) is 0 Å². The normalized spacial score (nSPS) is 10.2. The van der Waals surface area contributed by atoms with Crippen LogP contribution in [0.3, 0.4) is 0 Å². The Morgan fingerprint density at radius 2 is 1.70 bits per heavy atom. The fourth-order valence-electron chi connectivity index (χ4n) is 2.20. The van der Waals surface area contributed by atoms with Crippen molar-refractivity contribution in [2.75, 3.05) is 23.8 Å². The second-order valence-electron chi connectivity index (χ2n) is 5.48. The van der Waals surface area contributed by atoms with Gasteiger partial charge in [0.05, 0.1) is 6.61 Å². The summed E-state index contributed by atoms with van der Waals surface area (Å²) in [5.41, 5.74) is 4.22. The van der Waals surface area contributed by atoms with Crippen molar-refractivity contribution in [1.82, 2.24) is 0 Å². The third-order valence-electron chi connectivity index (χ3n) is 3.64. The van der Waals surface area contributed by atoms with Gasteiger partial charge >= 0.3 is 0 Å². The average Bonchev–Trinajstić information content (AvgIpc) is 2.53. The van der Waals surface area contributed by atoms with Crippen LogP contribution in [0.2, 0.25) is 0 Å². The van der Waals surface area contributed by atoms with Gasteiger partial charge in [-0.1, -0.05) is 6.07 Å². The number of hydrogen-bond donors (Lipinski definition) is 2. The van der Waals surface area contributed by atoms with Crippen LogP contribution < -0.4 is 15.4 Å². The minimum atomic E-state index is 0.00619. The molecule has 1 amide bonds. The Balaban J connectivity index is 1.76. The molecular formula is C19H24N2O2. The van der Waals surface area contributed by atoms with Gasteiger partial charge in [0, 0.05) is 24.3 Å². The summed E-state index contributed by atoms with van der Waals surface area (Å²) in [5.74, 6) is 0.859. The van der Waals surface area contributed by atoms with E-state index in [0.29, 0.717) is 19.6 Å². The van der Waals surface area contributed by atoms with E-state index in [9.17, 15) is 4.79 Å². The molecule has 0 fully saturated rings. The Hall–Kier alpha value is -2.49. The van der Waals surface area contributed by atoms with E-state index in [1.165, 1.54) is 11.1 Å². The molecule has 0 saturated carbocycles. The summed E-state index contributed by atoms with van der Waals surface area (Å²) in [6.45, 7) is 7.30. The fourth-order valence-corrected chi connectivity index (χ4v) is 2.20. The molecule has 0 radical (unpaired) electrons. The maximum Gasteiger partial charge on any atom is 0.226 e. The van der Waals surface area contributed by atoms with Crippen molar-refractivity contribution in [2.24, 2.45) is 0 Å². The van der Waals surface area contributed by atoms with Gasteiger partial charge in [0.2, 0.25) is 5.91 Å². The Kier molecular flexibility index (Phi) is 6.03. The molecule has 0 aromatic heterocycles. The van der Waals surface area contributed by atoms with Crippen LogP contribution in [-0.4, -0.2) is 19.1 Å². The van der Waals surface area contributed by atoms with Gasteiger partial charge in [-0.05, 0) is 68.3 Å². The van der Waals surface area contributed by atoms with Gasteiger partial charge in [0.15, 0.2) is 0 Å². The third kappa shape index (κ3) is 5.33. The fraction of sp³-hybridized carbons (Fsp3) is 0.316. The van der Waals surface area contributed by atoms with E-state index >= 15 is 0 Å². The van der Waals surface area contributed by atoms with Gasteiger partial charge < -0.3 is 15.4 Å². The topological polar surface area (TPSA) is 50.4 Å². The molecule has 0 bridgehead atoms. The van der Waals surface area contributed by atoms with E-state index < -0.39 is 0 Å². The number of carbonyl (C=O) groups is 1. The first-order valence-electron chi connectivity index (χ1n) is 7.92. The highest BCUT2D eigenvalue weighted by molar-refractivity contribution is 5.91. The van der Waals surface area contributed by atoms with Gasteiger partial charge in [-0.2, -0.15) is 0 Å². The molecule has 4 heteroatoms. The summed E-state index contributed by atoms with van der Waals surface area (Å²) >= 11 is 0. The number of nitrogens with one attached hydrogen (secondary N) is 2. The lowest BCUT2D eigenvalue weighted by molar-refractivity contribution is -0.115. The minimum Gasteiger partial charge on any atom is -0.494 e. The number of anilines is 2. The van der Waals surface area contributed by atoms with Crippen LogP contribution >= 0.6 is 0 Å². The molecule has 4 nitrogen and oxygen atoms in total. The zero-order valence-electron chi connectivity index (χ0n) is 14.0. The molecule has 2 rings (SSSR count). The van der Waals surface area contributed by atoms with Crippen molar-refractivity contribution in [1.29, 1.82) is 0 Å². The van der Waals surface area contributed by atoms with E-state index in [4.69, 9.17) is 4.74 Å². The molecular weight excluding hydrogens is 288 g/mol. The van der Waals surface area contributed by atoms with Gasteiger partial charge in [-0.15, -0.1) is 0 Å². The molecule has 0 aliphatic heterocycles. The third-order valence-corrected chi connectivity index (χ3v) is 3.64. The number of carbonyl (C=O) groups excluding carboxylic acids is 1. The van der Waals surface area contributed by atoms with E-state index in [2.05, 4.69) is 17.6 Å². The highest BCUT2D eigenvalue weighted by Gasteiger charge is 2.03. The summed E-state index contributed by atoms with van der Waals surface area (Å²) in [6.07, 6.45) is 0.417. The van der Waals surface area contributed by atoms with Crippen LogP contribution in [0.25, 0.3) is 0 Å². The summed E-state index contributed by atoms with van der Waals surface area (Å²) in [6, 6.07) is 13.7. The smallest absolute Gasteiger partial charge is 0.226 e. The Labute approximate surface area is 137 Å². The number of benzene rings is 2. The van der Waals surface area contributed by atoms with Crippen LogP contribution in [0, 0.1) is 13.8 Å². The van der Waals surface area contributed by atoms with Gasteiger partial charge in [-0.25, -0.2) is 0 Å². The molecule has 2 N–H and O–H groups in total. The Bertz CT molecular complexity index is 651. The summed E-state index contributed by atoms with van der Waals surface area (Å²) in [5, 5.41) is 6.16. The molecule has 0 unspecified atom stereocenters. The van der Waals surface area contributed by atoms with Gasteiger partial charge in [0.1, 0.15) is 5.75 Å². The molecule has 0 atom stereocenters. The quantitative estimate of drug-likeness (QED) is 0.808. The SMILES string of the molecule is CCOc1ccc(NCCC(=O)Nc2ccc(C)c(C)c2)cc1. The molecule has 2 aromatic rings. The first-order chi connectivity index (χ1) is 11.1. The maximum atomic E-state index is 12.0. The first kappa shape index (κ1) is 16.9.